The van der Waals surface area contributed by atoms with Gasteiger partial charge >= 0.3 is 0 Å². The number of methoxy groups -OCH3 is 1. The first-order valence-electron chi connectivity index (χ1n) is 6.16. The van der Waals surface area contributed by atoms with Gasteiger partial charge in [0.05, 0.1) is 7.11 Å². The minimum atomic E-state index is 0.412. The molecule has 4 heteroatoms. The molecule has 19 heavy (non-hydrogen) atoms. The molecule has 0 saturated heterocycles. The number of ether oxygens (including phenoxy) is 1. The molecule has 0 radical (unpaired) electrons. The lowest BCUT2D eigenvalue weighted by molar-refractivity contribution is 0.407. The van der Waals surface area contributed by atoms with Gasteiger partial charge in [0, 0.05) is 16.4 Å². The Bertz CT molecular complexity index is 553. The minimum absolute atomic E-state index is 0.412. The molecular weight excluding hydrogens is 304 g/mol. The fraction of sp³-hybridized carbons (Fsp3) is 0.267. The number of benzene rings is 1. The van der Waals surface area contributed by atoms with Crippen molar-refractivity contribution in [2.45, 2.75) is 19.8 Å². The summed E-state index contributed by atoms with van der Waals surface area (Å²) in [7, 11) is 1.70. The monoisotopic (exact) mass is 320 g/mol. The maximum atomic E-state index is 5.38. The van der Waals surface area contributed by atoms with Gasteiger partial charge in [0.15, 0.2) is 0 Å². The molecule has 2 rings (SSSR count). The van der Waals surface area contributed by atoms with Crippen molar-refractivity contribution in [3.63, 3.8) is 0 Å². The molecule has 0 unspecified atom stereocenters. The van der Waals surface area contributed by atoms with E-state index in [9.17, 15) is 0 Å². The van der Waals surface area contributed by atoms with Crippen LogP contribution in [0.1, 0.15) is 25.3 Å². The summed E-state index contributed by atoms with van der Waals surface area (Å²) in [6.07, 6.45) is 1.77. The van der Waals surface area contributed by atoms with E-state index in [1.54, 1.807) is 13.3 Å². The van der Waals surface area contributed by atoms with Crippen molar-refractivity contribution >= 4 is 27.4 Å². The normalized spacial score (nSPS) is 10.6. The van der Waals surface area contributed by atoms with Gasteiger partial charge in [-0.05, 0) is 57.7 Å². The van der Waals surface area contributed by atoms with E-state index in [0.29, 0.717) is 5.92 Å². The second-order valence-corrected chi connectivity index (χ2v) is 5.51. The third-order valence-electron chi connectivity index (χ3n) is 2.85. The van der Waals surface area contributed by atoms with Crippen LogP contribution in [0.2, 0.25) is 0 Å². The van der Waals surface area contributed by atoms with Crippen molar-refractivity contribution in [2.24, 2.45) is 0 Å². The molecule has 0 amide bonds. The Kier molecular flexibility index (Phi) is 4.43. The topological polar surface area (TPSA) is 34.1 Å². The van der Waals surface area contributed by atoms with Gasteiger partial charge in [0.2, 0.25) is 0 Å². The molecule has 0 atom stereocenters. The Morgan fingerprint density at radius 1 is 1.21 bits per heavy atom. The highest BCUT2D eigenvalue weighted by Crippen LogP contribution is 2.30. The van der Waals surface area contributed by atoms with Crippen molar-refractivity contribution in [3.05, 3.63) is 46.6 Å². The lowest BCUT2D eigenvalue weighted by Crippen LogP contribution is -1.98. The smallest absolute Gasteiger partial charge is 0.130 e. The molecule has 2 aromatic rings. The largest absolute Gasteiger partial charge is 0.496 e. The SMILES string of the molecule is COc1ccc(Nc2ccc(Br)cn2)cc1C(C)C. The fourth-order valence-corrected chi connectivity index (χ4v) is 2.10. The summed E-state index contributed by atoms with van der Waals surface area (Å²) < 4.78 is 6.35. The highest BCUT2D eigenvalue weighted by atomic mass is 79.9. The number of hydrogen-bond acceptors (Lipinski definition) is 3. The minimum Gasteiger partial charge on any atom is -0.496 e. The average Bonchev–Trinajstić information content (AvgIpc) is 2.41. The van der Waals surface area contributed by atoms with E-state index in [2.05, 4.69) is 46.1 Å². The molecule has 0 bridgehead atoms. The van der Waals surface area contributed by atoms with E-state index < -0.39 is 0 Å². The molecule has 1 aromatic carbocycles. The predicted octanol–water partition coefficient (Wildman–Crippen LogP) is 4.72. The van der Waals surface area contributed by atoms with Gasteiger partial charge < -0.3 is 10.1 Å². The molecule has 3 nitrogen and oxygen atoms in total. The zero-order chi connectivity index (χ0) is 13.8. The fourth-order valence-electron chi connectivity index (χ4n) is 1.86. The summed E-state index contributed by atoms with van der Waals surface area (Å²) in [6.45, 7) is 4.30. The summed E-state index contributed by atoms with van der Waals surface area (Å²) in [5.41, 5.74) is 2.20. The molecule has 0 aliphatic rings. The Hall–Kier alpha value is -1.55. The van der Waals surface area contributed by atoms with Crippen LogP contribution in [0.3, 0.4) is 0 Å². The molecule has 1 heterocycles. The van der Waals surface area contributed by atoms with Gasteiger partial charge in [-0.3, -0.25) is 0 Å². The number of pyridine rings is 1. The van der Waals surface area contributed by atoms with Crippen LogP contribution in [0.15, 0.2) is 41.0 Å². The number of nitrogens with zero attached hydrogens (tertiary/aromatic N) is 1. The maximum absolute atomic E-state index is 5.38. The number of anilines is 2. The Labute approximate surface area is 122 Å². The Morgan fingerprint density at radius 3 is 2.58 bits per heavy atom. The van der Waals surface area contributed by atoms with Crippen molar-refractivity contribution in [1.82, 2.24) is 4.98 Å². The van der Waals surface area contributed by atoms with Gasteiger partial charge in [-0.2, -0.15) is 0 Å². The van der Waals surface area contributed by atoms with E-state index in [0.717, 1.165) is 21.7 Å². The van der Waals surface area contributed by atoms with Crippen LogP contribution in [-0.4, -0.2) is 12.1 Å². The van der Waals surface area contributed by atoms with Crippen LogP contribution in [0.4, 0.5) is 11.5 Å². The molecule has 0 saturated carbocycles. The third-order valence-corrected chi connectivity index (χ3v) is 3.32. The molecule has 0 aliphatic heterocycles. The number of nitrogens with one attached hydrogen (secondary N) is 1. The molecule has 1 aromatic heterocycles. The van der Waals surface area contributed by atoms with E-state index in [4.69, 9.17) is 4.74 Å². The Morgan fingerprint density at radius 2 is 2.00 bits per heavy atom. The van der Waals surface area contributed by atoms with Crippen LogP contribution in [0.25, 0.3) is 0 Å². The second-order valence-electron chi connectivity index (χ2n) is 4.60. The van der Waals surface area contributed by atoms with E-state index >= 15 is 0 Å². The molecule has 0 spiro atoms. The summed E-state index contributed by atoms with van der Waals surface area (Å²) in [5.74, 6) is 2.15. The summed E-state index contributed by atoms with van der Waals surface area (Å²) in [6, 6.07) is 9.98. The number of aromatic nitrogens is 1. The first kappa shape index (κ1) is 13.9. The summed E-state index contributed by atoms with van der Waals surface area (Å²) >= 11 is 3.37. The zero-order valence-electron chi connectivity index (χ0n) is 11.3. The first-order valence-corrected chi connectivity index (χ1v) is 6.96. The van der Waals surface area contributed by atoms with Crippen LogP contribution in [0.5, 0.6) is 5.75 Å². The van der Waals surface area contributed by atoms with E-state index in [-0.39, 0.29) is 0 Å². The predicted molar refractivity (Wildman–Crippen MR) is 82.3 cm³/mol. The first-order chi connectivity index (χ1) is 9.10. The van der Waals surface area contributed by atoms with Gasteiger partial charge in [0.25, 0.3) is 0 Å². The van der Waals surface area contributed by atoms with Gasteiger partial charge in [-0.25, -0.2) is 4.98 Å². The van der Waals surface area contributed by atoms with Gasteiger partial charge in [-0.15, -0.1) is 0 Å². The standard InChI is InChI=1S/C15H17BrN2O/c1-10(2)13-8-12(5-6-14(13)19-3)18-15-7-4-11(16)9-17-15/h4-10H,1-3H3,(H,17,18). The second kappa shape index (κ2) is 6.06. The highest BCUT2D eigenvalue weighted by Gasteiger charge is 2.08. The molecule has 0 fully saturated rings. The van der Waals surface area contributed by atoms with Gasteiger partial charge in [0.1, 0.15) is 11.6 Å². The zero-order valence-corrected chi connectivity index (χ0v) is 12.9. The lowest BCUT2D eigenvalue weighted by Gasteiger charge is -2.14. The molecule has 100 valence electrons. The van der Waals surface area contributed by atoms with Crippen molar-refractivity contribution < 1.29 is 4.74 Å². The average molecular weight is 321 g/mol. The summed E-state index contributed by atoms with van der Waals surface area (Å²) in [5, 5.41) is 3.29. The van der Waals surface area contributed by atoms with Crippen molar-refractivity contribution in [2.75, 3.05) is 12.4 Å². The maximum Gasteiger partial charge on any atom is 0.130 e. The molecular formula is C15H17BrN2O. The third kappa shape index (κ3) is 3.47. The van der Waals surface area contributed by atoms with Crippen LogP contribution in [-0.2, 0) is 0 Å². The highest BCUT2D eigenvalue weighted by molar-refractivity contribution is 9.10. The number of halogens is 1. The van der Waals surface area contributed by atoms with Crippen LogP contribution >= 0.6 is 15.9 Å². The molecule has 0 aliphatic carbocycles. The number of hydrogen-bond donors (Lipinski definition) is 1. The quantitative estimate of drug-likeness (QED) is 0.885. The van der Waals surface area contributed by atoms with Gasteiger partial charge in [-0.1, -0.05) is 13.8 Å². The Balaban J connectivity index is 2.25. The van der Waals surface area contributed by atoms with Crippen LogP contribution < -0.4 is 10.1 Å². The summed E-state index contributed by atoms with van der Waals surface area (Å²) in [4.78, 5) is 4.30. The van der Waals surface area contributed by atoms with Crippen molar-refractivity contribution in [3.8, 4) is 5.75 Å². The van der Waals surface area contributed by atoms with Crippen LogP contribution in [0, 0.1) is 0 Å². The van der Waals surface area contributed by atoms with Crippen molar-refractivity contribution in [1.29, 1.82) is 0 Å². The lowest BCUT2D eigenvalue weighted by atomic mass is 10.0. The molecule has 1 N–H and O–H groups in total. The van der Waals surface area contributed by atoms with E-state index in [1.165, 1.54) is 5.56 Å². The van der Waals surface area contributed by atoms with E-state index in [1.807, 2.05) is 24.3 Å². The number of rotatable bonds is 4.